The van der Waals surface area contributed by atoms with Crippen LogP contribution in [0.25, 0.3) is 0 Å². The maximum Gasteiger partial charge on any atom is 0.221 e. The maximum absolute atomic E-state index is 12.9. The van der Waals surface area contributed by atoms with Crippen LogP contribution in [0.4, 0.5) is 4.39 Å². The molecule has 0 aliphatic carbocycles. The molecule has 0 heterocycles. The molecule has 0 aliphatic rings. The predicted molar refractivity (Wildman–Crippen MR) is 118 cm³/mol. The van der Waals surface area contributed by atoms with Crippen LogP contribution in [0.15, 0.2) is 89.8 Å². The molecule has 3 aromatic carbocycles. The van der Waals surface area contributed by atoms with Crippen LogP contribution < -0.4 is 10.0 Å². The van der Waals surface area contributed by atoms with Gasteiger partial charge in [-0.05, 0) is 41.8 Å². The molecule has 1 amide bonds. The van der Waals surface area contributed by atoms with Crippen LogP contribution in [0.5, 0.6) is 0 Å². The lowest BCUT2D eigenvalue weighted by Gasteiger charge is -2.18. The van der Waals surface area contributed by atoms with Gasteiger partial charge in [-0.2, -0.15) is 0 Å². The molecule has 0 fully saturated rings. The lowest BCUT2D eigenvalue weighted by Crippen LogP contribution is -2.29. The van der Waals surface area contributed by atoms with E-state index in [0.717, 1.165) is 6.42 Å². The van der Waals surface area contributed by atoms with Crippen molar-refractivity contribution in [3.8, 4) is 0 Å². The summed E-state index contributed by atoms with van der Waals surface area (Å²) in [5, 5.41) is 2.95. The van der Waals surface area contributed by atoms with Crippen molar-refractivity contribution in [2.24, 2.45) is 0 Å². The largest absolute Gasteiger partial charge is 0.356 e. The first kappa shape index (κ1) is 21.9. The molecule has 1 atom stereocenters. The summed E-state index contributed by atoms with van der Waals surface area (Å²) in [7, 11) is -1.47. The van der Waals surface area contributed by atoms with Crippen LogP contribution >= 0.6 is 0 Å². The van der Waals surface area contributed by atoms with Crippen LogP contribution in [-0.4, -0.2) is 23.2 Å². The fourth-order valence-electron chi connectivity index (χ4n) is 3.24. The molecule has 0 aliphatic heterocycles. The van der Waals surface area contributed by atoms with Crippen LogP contribution in [0.2, 0.25) is 0 Å². The highest BCUT2D eigenvalue weighted by molar-refractivity contribution is 7.83. The summed E-state index contributed by atoms with van der Waals surface area (Å²) in [4.78, 5) is 12.6. The molecule has 4 nitrogen and oxygen atoms in total. The standard InChI is InChI=1S/C24H25FN2O2S/c25-21-11-13-22(14-12-21)30(29)27-18-16-24(28)26-17-15-23(19-7-3-1-4-8-19)20-9-5-2-6-10-20/h1-14,23,27H,15-18H2,(H,26,28). The molecule has 0 saturated carbocycles. The van der Waals surface area contributed by atoms with E-state index in [2.05, 4.69) is 34.3 Å². The summed E-state index contributed by atoms with van der Waals surface area (Å²) in [6.07, 6.45) is 1.00. The first-order chi connectivity index (χ1) is 14.6. The van der Waals surface area contributed by atoms with Gasteiger partial charge in [0.05, 0.1) is 4.90 Å². The van der Waals surface area contributed by atoms with Crippen molar-refractivity contribution in [2.45, 2.75) is 23.7 Å². The smallest absolute Gasteiger partial charge is 0.221 e. The van der Waals surface area contributed by atoms with E-state index in [4.69, 9.17) is 0 Å². The maximum atomic E-state index is 12.9. The van der Waals surface area contributed by atoms with E-state index in [-0.39, 0.29) is 30.6 Å². The van der Waals surface area contributed by atoms with Gasteiger partial charge in [-0.25, -0.2) is 13.3 Å². The molecule has 0 aromatic heterocycles. The summed E-state index contributed by atoms with van der Waals surface area (Å²) in [6.45, 7) is 0.824. The van der Waals surface area contributed by atoms with Gasteiger partial charge >= 0.3 is 0 Å². The Kier molecular flexibility index (Phi) is 8.30. The van der Waals surface area contributed by atoms with Crippen LogP contribution in [0.1, 0.15) is 29.9 Å². The predicted octanol–water partition coefficient (Wildman–Crippen LogP) is 4.17. The van der Waals surface area contributed by atoms with Gasteiger partial charge in [0, 0.05) is 25.4 Å². The van der Waals surface area contributed by atoms with Gasteiger partial charge in [-0.1, -0.05) is 60.7 Å². The quantitative estimate of drug-likeness (QED) is 0.513. The lowest BCUT2D eigenvalue weighted by molar-refractivity contribution is -0.120. The Morgan fingerprint density at radius 3 is 1.97 bits per heavy atom. The van der Waals surface area contributed by atoms with E-state index >= 15 is 0 Å². The van der Waals surface area contributed by atoms with E-state index < -0.39 is 11.0 Å². The number of benzene rings is 3. The number of nitrogens with one attached hydrogen (secondary N) is 2. The zero-order chi connectivity index (χ0) is 21.2. The van der Waals surface area contributed by atoms with Crippen molar-refractivity contribution in [1.29, 1.82) is 0 Å². The Morgan fingerprint density at radius 1 is 0.833 bits per heavy atom. The van der Waals surface area contributed by atoms with E-state index in [9.17, 15) is 13.4 Å². The molecule has 0 spiro atoms. The molecule has 2 N–H and O–H groups in total. The molecular formula is C24H25FN2O2S. The molecule has 1 unspecified atom stereocenters. The van der Waals surface area contributed by atoms with Gasteiger partial charge in [0.2, 0.25) is 5.91 Å². The second kappa shape index (κ2) is 11.4. The molecule has 3 aromatic rings. The Labute approximate surface area is 179 Å². The van der Waals surface area contributed by atoms with E-state index in [1.807, 2.05) is 36.4 Å². The fraction of sp³-hybridized carbons (Fsp3) is 0.208. The van der Waals surface area contributed by atoms with Gasteiger partial charge in [-0.3, -0.25) is 4.79 Å². The monoisotopic (exact) mass is 424 g/mol. The Balaban J connectivity index is 1.45. The molecular weight excluding hydrogens is 399 g/mol. The molecule has 6 heteroatoms. The third-order valence-corrected chi connectivity index (χ3v) is 5.94. The number of hydrogen-bond acceptors (Lipinski definition) is 2. The average molecular weight is 425 g/mol. The number of halogens is 1. The zero-order valence-corrected chi connectivity index (χ0v) is 17.4. The third kappa shape index (κ3) is 6.61. The highest BCUT2D eigenvalue weighted by Gasteiger charge is 2.14. The highest BCUT2D eigenvalue weighted by Crippen LogP contribution is 2.27. The topological polar surface area (TPSA) is 58.2 Å². The minimum Gasteiger partial charge on any atom is -0.356 e. The Morgan fingerprint density at radius 2 is 1.40 bits per heavy atom. The van der Waals surface area contributed by atoms with Gasteiger partial charge < -0.3 is 5.32 Å². The van der Waals surface area contributed by atoms with Gasteiger partial charge in [0.25, 0.3) is 0 Å². The van der Waals surface area contributed by atoms with E-state index in [0.29, 0.717) is 11.4 Å². The normalized spacial score (nSPS) is 11.9. The van der Waals surface area contributed by atoms with Crippen LogP contribution in [-0.2, 0) is 15.8 Å². The molecule has 0 saturated heterocycles. The number of hydrogen-bond donors (Lipinski definition) is 2. The Hall–Kier alpha value is -2.83. The number of rotatable bonds is 10. The number of amides is 1. The van der Waals surface area contributed by atoms with Crippen molar-refractivity contribution in [1.82, 2.24) is 10.0 Å². The summed E-state index contributed by atoms with van der Waals surface area (Å²) < 4.78 is 27.8. The minimum atomic E-state index is -1.47. The van der Waals surface area contributed by atoms with Crippen LogP contribution in [0, 0.1) is 5.82 Å². The first-order valence-corrected chi connectivity index (χ1v) is 11.1. The van der Waals surface area contributed by atoms with Gasteiger partial charge in [-0.15, -0.1) is 0 Å². The summed E-state index contributed by atoms with van der Waals surface area (Å²) in [5.41, 5.74) is 2.43. The van der Waals surface area contributed by atoms with E-state index in [1.165, 1.54) is 35.4 Å². The first-order valence-electron chi connectivity index (χ1n) is 9.91. The van der Waals surface area contributed by atoms with Crippen LogP contribution in [0.3, 0.4) is 0 Å². The zero-order valence-electron chi connectivity index (χ0n) is 16.6. The SMILES string of the molecule is O=C(CCNS(=O)c1ccc(F)cc1)NCCC(c1ccccc1)c1ccccc1. The number of carbonyl (C=O) groups is 1. The summed E-state index contributed by atoms with van der Waals surface area (Å²) in [5.74, 6) is -0.269. The lowest BCUT2D eigenvalue weighted by atomic mass is 9.88. The van der Waals surface area contributed by atoms with Crippen molar-refractivity contribution < 1.29 is 13.4 Å². The van der Waals surface area contributed by atoms with Crippen molar-refractivity contribution in [2.75, 3.05) is 13.1 Å². The average Bonchev–Trinajstić information content (AvgIpc) is 2.78. The summed E-state index contributed by atoms with van der Waals surface area (Å²) >= 11 is 0. The summed E-state index contributed by atoms with van der Waals surface area (Å²) in [6, 6.07) is 26.0. The Bertz CT molecular complexity index is 910. The fourth-order valence-corrected chi connectivity index (χ4v) is 4.08. The molecule has 156 valence electrons. The van der Waals surface area contributed by atoms with Crippen molar-refractivity contribution in [3.63, 3.8) is 0 Å². The highest BCUT2D eigenvalue weighted by atomic mass is 32.2. The second-order valence-electron chi connectivity index (χ2n) is 6.88. The number of carbonyl (C=O) groups excluding carboxylic acids is 1. The molecule has 30 heavy (non-hydrogen) atoms. The molecule has 3 rings (SSSR count). The van der Waals surface area contributed by atoms with Gasteiger partial charge in [0.1, 0.15) is 16.8 Å². The minimum absolute atomic E-state index is 0.0986. The molecule has 0 radical (unpaired) electrons. The van der Waals surface area contributed by atoms with Crippen molar-refractivity contribution >= 4 is 16.9 Å². The second-order valence-corrected chi connectivity index (χ2v) is 8.18. The third-order valence-electron chi connectivity index (χ3n) is 4.77. The molecule has 0 bridgehead atoms. The van der Waals surface area contributed by atoms with Crippen molar-refractivity contribution in [3.05, 3.63) is 102 Å². The van der Waals surface area contributed by atoms with Gasteiger partial charge in [0.15, 0.2) is 0 Å². The van der Waals surface area contributed by atoms with E-state index in [1.54, 1.807) is 0 Å².